The Bertz CT molecular complexity index is 329. The number of methoxy groups -OCH3 is 1. The zero-order valence-corrected chi connectivity index (χ0v) is 9.80. The summed E-state index contributed by atoms with van der Waals surface area (Å²) in [6, 6.07) is 6.00. The molecule has 0 radical (unpaired) electrons. The van der Waals surface area contributed by atoms with E-state index in [0.717, 1.165) is 5.56 Å². The predicted molar refractivity (Wildman–Crippen MR) is 61.9 cm³/mol. The standard InChI is InChI=1S/C11H14FNO2.ClH/c1-15-11(14)9(7-13)6-8-2-4-10(12)5-3-8;/h2-5,9H,6-7,13H2,1H3;1H. The van der Waals surface area contributed by atoms with Gasteiger partial charge in [-0.25, -0.2) is 4.39 Å². The molecule has 0 aliphatic carbocycles. The van der Waals surface area contributed by atoms with Gasteiger partial charge in [0.25, 0.3) is 0 Å². The van der Waals surface area contributed by atoms with Crippen molar-refractivity contribution >= 4 is 18.4 Å². The normalized spacial score (nSPS) is 11.4. The van der Waals surface area contributed by atoms with Gasteiger partial charge >= 0.3 is 5.97 Å². The third-order valence-corrected chi connectivity index (χ3v) is 2.21. The molecule has 0 saturated heterocycles. The molecule has 1 rings (SSSR count). The number of hydrogen-bond donors (Lipinski definition) is 1. The number of rotatable bonds is 4. The van der Waals surface area contributed by atoms with Gasteiger partial charge < -0.3 is 10.5 Å². The van der Waals surface area contributed by atoms with Crippen molar-refractivity contribution in [3.05, 3.63) is 35.6 Å². The molecule has 5 heteroatoms. The summed E-state index contributed by atoms with van der Waals surface area (Å²) >= 11 is 0. The monoisotopic (exact) mass is 247 g/mol. The molecule has 0 saturated carbocycles. The number of carbonyl (C=O) groups is 1. The maximum atomic E-state index is 12.6. The molecule has 1 aromatic carbocycles. The summed E-state index contributed by atoms with van der Waals surface area (Å²) in [5.41, 5.74) is 6.32. The van der Waals surface area contributed by atoms with Gasteiger partial charge in [-0.2, -0.15) is 0 Å². The van der Waals surface area contributed by atoms with Crippen molar-refractivity contribution in [2.24, 2.45) is 11.7 Å². The van der Waals surface area contributed by atoms with Crippen LogP contribution in [0.15, 0.2) is 24.3 Å². The fourth-order valence-corrected chi connectivity index (χ4v) is 1.33. The van der Waals surface area contributed by atoms with Crippen molar-refractivity contribution in [1.29, 1.82) is 0 Å². The third-order valence-electron chi connectivity index (χ3n) is 2.21. The van der Waals surface area contributed by atoms with E-state index in [1.165, 1.54) is 19.2 Å². The first-order valence-electron chi connectivity index (χ1n) is 4.69. The van der Waals surface area contributed by atoms with E-state index in [1.807, 2.05) is 0 Å². The molecule has 0 aliphatic heterocycles. The molecule has 0 heterocycles. The summed E-state index contributed by atoms with van der Waals surface area (Å²) in [4.78, 5) is 11.2. The third kappa shape index (κ3) is 4.16. The summed E-state index contributed by atoms with van der Waals surface area (Å²) in [6.07, 6.45) is 0.476. The maximum Gasteiger partial charge on any atom is 0.310 e. The molecule has 1 unspecified atom stereocenters. The van der Waals surface area contributed by atoms with E-state index in [-0.39, 0.29) is 36.7 Å². The number of nitrogens with two attached hydrogens (primary N) is 1. The smallest absolute Gasteiger partial charge is 0.310 e. The second-order valence-corrected chi connectivity index (χ2v) is 3.29. The summed E-state index contributed by atoms with van der Waals surface area (Å²) in [5, 5.41) is 0. The van der Waals surface area contributed by atoms with Crippen molar-refractivity contribution in [1.82, 2.24) is 0 Å². The Balaban J connectivity index is 0.00000225. The van der Waals surface area contributed by atoms with Gasteiger partial charge in [0, 0.05) is 6.54 Å². The minimum Gasteiger partial charge on any atom is -0.469 e. The zero-order valence-electron chi connectivity index (χ0n) is 8.98. The van der Waals surface area contributed by atoms with Crippen LogP contribution in [0.1, 0.15) is 5.56 Å². The molecular weight excluding hydrogens is 233 g/mol. The van der Waals surface area contributed by atoms with Crippen molar-refractivity contribution in [3.63, 3.8) is 0 Å². The second-order valence-electron chi connectivity index (χ2n) is 3.29. The molecule has 0 amide bonds. The molecule has 16 heavy (non-hydrogen) atoms. The van der Waals surface area contributed by atoms with Gasteiger partial charge in [-0.05, 0) is 24.1 Å². The average molecular weight is 248 g/mol. The highest BCUT2D eigenvalue weighted by atomic mass is 35.5. The van der Waals surface area contributed by atoms with Crippen molar-refractivity contribution < 1.29 is 13.9 Å². The lowest BCUT2D eigenvalue weighted by molar-refractivity contribution is -0.145. The first-order valence-corrected chi connectivity index (χ1v) is 4.69. The van der Waals surface area contributed by atoms with Crippen molar-refractivity contribution in [2.45, 2.75) is 6.42 Å². The molecular formula is C11H15ClFNO2. The van der Waals surface area contributed by atoms with E-state index in [1.54, 1.807) is 12.1 Å². The Labute approximate surface area is 100 Å². The fraction of sp³-hybridized carbons (Fsp3) is 0.364. The largest absolute Gasteiger partial charge is 0.469 e. The zero-order chi connectivity index (χ0) is 11.3. The fourth-order valence-electron chi connectivity index (χ4n) is 1.33. The van der Waals surface area contributed by atoms with Crippen LogP contribution in [0.5, 0.6) is 0 Å². The van der Waals surface area contributed by atoms with E-state index in [9.17, 15) is 9.18 Å². The van der Waals surface area contributed by atoms with Crippen LogP contribution >= 0.6 is 12.4 Å². The number of esters is 1. The minimum atomic E-state index is -0.361. The molecule has 3 nitrogen and oxygen atoms in total. The number of carbonyl (C=O) groups excluding carboxylic acids is 1. The SMILES string of the molecule is COC(=O)C(CN)Cc1ccc(F)cc1.Cl. The molecule has 0 aromatic heterocycles. The number of ether oxygens (including phenoxy) is 1. The average Bonchev–Trinajstić information content (AvgIpc) is 2.27. The number of halogens is 2. The van der Waals surface area contributed by atoms with Gasteiger partial charge in [-0.15, -0.1) is 12.4 Å². The van der Waals surface area contributed by atoms with Crippen LogP contribution in [0, 0.1) is 11.7 Å². The molecule has 0 bridgehead atoms. The van der Waals surface area contributed by atoms with Crippen LogP contribution < -0.4 is 5.73 Å². The van der Waals surface area contributed by atoms with Gasteiger partial charge in [-0.1, -0.05) is 12.1 Å². The second kappa shape index (κ2) is 7.19. The maximum absolute atomic E-state index is 12.6. The minimum absolute atomic E-state index is 0. The highest BCUT2D eigenvalue weighted by Crippen LogP contribution is 2.10. The summed E-state index contributed by atoms with van der Waals surface area (Å²) in [7, 11) is 1.33. The number of hydrogen-bond acceptors (Lipinski definition) is 3. The Morgan fingerprint density at radius 1 is 1.44 bits per heavy atom. The highest BCUT2D eigenvalue weighted by molar-refractivity contribution is 5.85. The van der Waals surface area contributed by atoms with Crippen LogP contribution in [0.25, 0.3) is 0 Å². The van der Waals surface area contributed by atoms with Gasteiger partial charge in [0.05, 0.1) is 13.0 Å². The Hall–Kier alpha value is -1.13. The quantitative estimate of drug-likeness (QED) is 0.822. The molecule has 1 atom stereocenters. The van der Waals surface area contributed by atoms with Crippen molar-refractivity contribution in [3.8, 4) is 0 Å². The molecule has 2 N–H and O–H groups in total. The Kier molecular flexibility index (Phi) is 6.69. The van der Waals surface area contributed by atoms with Crippen LogP contribution in [0.3, 0.4) is 0 Å². The molecule has 0 spiro atoms. The first-order chi connectivity index (χ1) is 7.17. The lowest BCUT2D eigenvalue weighted by Gasteiger charge is -2.11. The van der Waals surface area contributed by atoms with Gasteiger partial charge in [0.2, 0.25) is 0 Å². The highest BCUT2D eigenvalue weighted by Gasteiger charge is 2.17. The van der Waals surface area contributed by atoms with E-state index in [4.69, 9.17) is 5.73 Å². The van der Waals surface area contributed by atoms with Gasteiger partial charge in [0.15, 0.2) is 0 Å². The van der Waals surface area contributed by atoms with Crippen molar-refractivity contribution in [2.75, 3.05) is 13.7 Å². The first kappa shape index (κ1) is 14.9. The van der Waals surface area contributed by atoms with E-state index >= 15 is 0 Å². The van der Waals surface area contributed by atoms with E-state index in [0.29, 0.717) is 6.42 Å². The van der Waals surface area contributed by atoms with Crippen LogP contribution in [0.4, 0.5) is 4.39 Å². The molecule has 0 aliphatic rings. The molecule has 0 fully saturated rings. The van der Waals surface area contributed by atoms with Gasteiger partial charge in [0.1, 0.15) is 5.82 Å². The Morgan fingerprint density at radius 2 is 2.00 bits per heavy atom. The lowest BCUT2D eigenvalue weighted by Crippen LogP contribution is -2.26. The summed E-state index contributed by atoms with van der Waals surface area (Å²) < 4.78 is 17.2. The topological polar surface area (TPSA) is 52.3 Å². The van der Waals surface area contributed by atoms with Crippen LogP contribution in [-0.4, -0.2) is 19.6 Å². The summed E-state index contributed by atoms with van der Waals surface area (Å²) in [6.45, 7) is 0.226. The van der Waals surface area contributed by atoms with Crippen LogP contribution in [-0.2, 0) is 16.0 Å². The van der Waals surface area contributed by atoms with Crippen LogP contribution in [0.2, 0.25) is 0 Å². The summed E-state index contributed by atoms with van der Waals surface area (Å²) in [5.74, 6) is -0.983. The molecule has 90 valence electrons. The molecule has 1 aromatic rings. The van der Waals surface area contributed by atoms with E-state index < -0.39 is 0 Å². The number of benzene rings is 1. The van der Waals surface area contributed by atoms with E-state index in [2.05, 4.69) is 4.74 Å². The predicted octanol–water partition coefficient (Wildman–Crippen LogP) is 1.54. The van der Waals surface area contributed by atoms with Gasteiger partial charge in [-0.3, -0.25) is 4.79 Å². The Morgan fingerprint density at radius 3 is 2.44 bits per heavy atom. The lowest BCUT2D eigenvalue weighted by atomic mass is 10.00.